The van der Waals surface area contributed by atoms with Gasteiger partial charge in [-0.3, -0.25) is 0 Å². The Balaban J connectivity index is 1.68. The van der Waals surface area contributed by atoms with Crippen molar-refractivity contribution in [1.29, 1.82) is 0 Å². The number of fused-ring (bicyclic) bond motifs is 1. The van der Waals surface area contributed by atoms with Gasteiger partial charge in [0.25, 0.3) is 0 Å². The summed E-state index contributed by atoms with van der Waals surface area (Å²) in [6.45, 7) is 2.03. The number of H-pyrrole nitrogens is 1. The van der Waals surface area contributed by atoms with Crippen LogP contribution in [0.1, 0.15) is 23.2 Å². The van der Waals surface area contributed by atoms with Crippen LogP contribution in [0.5, 0.6) is 0 Å². The highest BCUT2D eigenvalue weighted by atomic mass is 16.4. The van der Waals surface area contributed by atoms with Crippen molar-refractivity contribution in [2.45, 2.75) is 12.8 Å². The van der Waals surface area contributed by atoms with Crippen molar-refractivity contribution >= 4 is 22.8 Å². The Hall–Kier alpha value is -2.93. The molecule has 0 atom stereocenters. The zero-order valence-corrected chi connectivity index (χ0v) is 15.0. The number of hydrogen-bond acceptors (Lipinski definition) is 5. The lowest BCUT2D eigenvalue weighted by Crippen LogP contribution is -2.14. The van der Waals surface area contributed by atoms with Crippen LogP contribution in [-0.2, 0) is 0 Å². The molecule has 0 unspecified atom stereocenters. The van der Waals surface area contributed by atoms with Gasteiger partial charge in [0.15, 0.2) is 5.65 Å². The summed E-state index contributed by atoms with van der Waals surface area (Å²) >= 11 is 0. The van der Waals surface area contributed by atoms with Gasteiger partial charge in [-0.1, -0.05) is 0 Å². The molecule has 3 N–H and O–H groups in total. The van der Waals surface area contributed by atoms with Gasteiger partial charge in [0, 0.05) is 24.0 Å². The van der Waals surface area contributed by atoms with Gasteiger partial charge < -0.3 is 20.3 Å². The largest absolute Gasteiger partial charge is 0.478 e. The summed E-state index contributed by atoms with van der Waals surface area (Å²) in [4.78, 5) is 25.1. The predicted molar refractivity (Wildman–Crippen MR) is 103 cm³/mol. The van der Waals surface area contributed by atoms with Crippen molar-refractivity contribution in [2.75, 3.05) is 32.5 Å². The molecule has 26 heavy (non-hydrogen) atoms. The molecular formula is C19H23N5O2. The topological polar surface area (TPSA) is 94.1 Å². The Morgan fingerprint density at radius 2 is 1.96 bits per heavy atom. The summed E-state index contributed by atoms with van der Waals surface area (Å²) in [6, 6.07) is 9.39. The average molecular weight is 353 g/mol. The minimum Gasteiger partial charge on any atom is -0.478 e. The predicted octanol–water partition coefficient (Wildman–Crippen LogP) is 3.08. The van der Waals surface area contributed by atoms with Gasteiger partial charge in [-0.15, -0.1) is 0 Å². The van der Waals surface area contributed by atoms with Crippen LogP contribution in [0.25, 0.3) is 22.6 Å². The Bertz CT molecular complexity index is 887. The highest BCUT2D eigenvalue weighted by molar-refractivity contribution is 6.00. The van der Waals surface area contributed by atoms with Crippen molar-refractivity contribution in [1.82, 2.24) is 19.9 Å². The van der Waals surface area contributed by atoms with Crippen molar-refractivity contribution in [3.8, 4) is 11.4 Å². The first-order valence-electron chi connectivity index (χ1n) is 8.61. The molecule has 0 aliphatic heterocycles. The highest BCUT2D eigenvalue weighted by Crippen LogP contribution is 2.23. The molecule has 0 spiro atoms. The zero-order valence-electron chi connectivity index (χ0n) is 15.0. The van der Waals surface area contributed by atoms with E-state index in [2.05, 4.69) is 39.3 Å². The monoisotopic (exact) mass is 353 g/mol. The van der Waals surface area contributed by atoms with Crippen LogP contribution in [0.2, 0.25) is 0 Å². The van der Waals surface area contributed by atoms with Crippen LogP contribution in [0, 0.1) is 0 Å². The van der Waals surface area contributed by atoms with Gasteiger partial charge in [-0.2, -0.15) is 0 Å². The quantitative estimate of drug-likeness (QED) is 0.539. The molecule has 0 radical (unpaired) electrons. The Morgan fingerprint density at radius 1 is 1.19 bits per heavy atom. The van der Waals surface area contributed by atoms with Crippen LogP contribution in [-0.4, -0.2) is 58.1 Å². The van der Waals surface area contributed by atoms with Crippen LogP contribution in [0.15, 0.2) is 36.5 Å². The van der Waals surface area contributed by atoms with Crippen LogP contribution < -0.4 is 5.32 Å². The van der Waals surface area contributed by atoms with E-state index in [4.69, 9.17) is 0 Å². The number of aromatic amines is 1. The first kappa shape index (κ1) is 17.9. The van der Waals surface area contributed by atoms with E-state index in [9.17, 15) is 9.90 Å². The standard InChI is InChI=1S/C19H23N5O2/c1-24(2)12-4-3-10-20-14-7-5-13(6-8-14)17-22-16-15(19(25)26)9-11-21-18(16)23-17/h5-9,11,20H,3-4,10,12H2,1-2H3,(H,25,26)(H,21,22,23). The van der Waals surface area contributed by atoms with Crippen LogP contribution in [0.3, 0.4) is 0 Å². The van der Waals surface area contributed by atoms with E-state index in [-0.39, 0.29) is 5.56 Å². The van der Waals surface area contributed by atoms with E-state index in [1.807, 2.05) is 24.3 Å². The van der Waals surface area contributed by atoms with E-state index in [0.29, 0.717) is 17.0 Å². The molecule has 136 valence electrons. The molecule has 3 rings (SSSR count). The fraction of sp³-hybridized carbons (Fsp3) is 0.316. The van der Waals surface area contributed by atoms with Crippen LogP contribution >= 0.6 is 0 Å². The van der Waals surface area contributed by atoms with E-state index in [1.165, 1.54) is 12.3 Å². The molecule has 0 bridgehead atoms. The summed E-state index contributed by atoms with van der Waals surface area (Å²) in [7, 11) is 4.16. The third-order valence-electron chi connectivity index (χ3n) is 4.14. The fourth-order valence-corrected chi connectivity index (χ4v) is 2.76. The third kappa shape index (κ3) is 4.18. The van der Waals surface area contributed by atoms with E-state index in [0.717, 1.165) is 37.2 Å². The van der Waals surface area contributed by atoms with E-state index in [1.54, 1.807) is 0 Å². The SMILES string of the molecule is CN(C)CCCCNc1ccc(-c2nc3nccc(C(=O)O)c3[nH]2)cc1. The lowest BCUT2D eigenvalue weighted by molar-refractivity contribution is 0.0698. The zero-order chi connectivity index (χ0) is 18.5. The number of nitrogens with zero attached hydrogens (tertiary/aromatic N) is 3. The summed E-state index contributed by atoms with van der Waals surface area (Å²) in [5.41, 5.74) is 2.96. The van der Waals surface area contributed by atoms with Crippen molar-refractivity contribution < 1.29 is 9.90 Å². The van der Waals surface area contributed by atoms with Gasteiger partial charge in [0.1, 0.15) is 5.82 Å². The number of carboxylic acid groups (broad SMARTS) is 1. The molecule has 1 aromatic carbocycles. The maximum absolute atomic E-state index is 11.3. The van der Waals surface area contributed by atoms with E-state index >= 15 is 0 Å². The molecule has 0 saturated heterocycles. The number of pyridine rings is 1. The number of carboxylic acids is 1. The molecule has 7 heteroatoms. The van der Waals surface area contributed by atoms with Gasteiger partial charge in [0.05, 0.1) is 11.1 Å². The fourth-order valence-electron chi connectivity index (χ4n) is 2.76. The molecule has 2 aromatic heterocycles. The summed E-state index contributed by atoms with van der Waals surface area (Å²) in [6.07, 6.45) is 3.74. The summed E-state index contributed by atoms with van der Waals surface area (Å²) < 4.78 is 0. The molecule has 0 saturated carbocycles. The Labute approximate surface area is 152 Å². The second-order valence-electron chi connectivity index (χ2n) is 6.46. The molecule has 0 amide bonds. The van der Waals surface area contributed by atoms with Crippen LogP contribution in [0.4, 0.5) is 5.69 Å². The summed E-state index contributed by atoms with van der Waals surface area (Å²) in [5.74, 6) is -0.389. The number of hydrogen-bond donors (Lipinski definition) is 3. The number of benzene rings is 1. The first-order valence-corrected chi connectivity index (χ1v) is 8.61. The summed E-state index contributed by atoms with van der Waals surface area (Å²) in [5, 5.41) is 12.7. The lowest BCUT2D eigenvalue weighted by Gasteiger charge is -2.10. The van der Waals surface area contributed by atoms with Gasteiger partial charge >= 0.3 is 5.97 Å². The van der Waals surface area contributed by atoms with Crippen molar-refractivity contribution in [2.24, 2.45) is 0 Å². The Kier molecular flexibility index (Phi) is 5.48. The van der Waals surface area contributed by atoms with E-state index < -0.39 is 5.97 Å². The average Bonchev–Trinajstić information content (AvgIpc) is 3.05. The highest BCUT2D eigenvalue weighted by Gasteiger charge is 2.13. The molecular weight excluding hydrogens is 330 g/mol. The normalized spacial score (nSPS) is 11.2. The van der Waals surface area contributed by atoms with Gasteiger partial charge in [-0.05, 0) is 63.8 Å². The minimum atomic E-state index is -0.999. The van der Waals surface area contributed by atoms with Gasteiger partial charge in [0.2, 0.25) is 0 Å². The van der Waals surface area contributed by atoms with Gasteiger partial charge in [-0.25, -0.2) is 14.8 Å². The minimum absolute atomic E-state index is 0.171. The third-order valence-corrected chi connectivity index (χ3v) is 4.14. The number of rotatable bonds is 8. The molecule has 3 aromatic rings. The number of unbranched alkanes of at least 4 members (excludes halogenated alkanes) is 1. The molecule has 0 aliphatic rings. The van der Waals surface area contributed by atoms with Crippen molar-refractivity contribution in [3.63, 3.8) is 0 Å². The maximum Gasteiger partial charge on any atom is 0.338 e. The number of aromatic carboxylic acids is 1. The number of imidazole rings is 1. The second-order valence-corrected chi connectivity index (χ2v) is 6.46. The lowest BCUT2D eigenvalue weighted by atomic mass is 10.2. The molecule has 7 nitrogen and oxygen atoms in total. The molecule has 0 fully saturated rings. The maximum atomic E-state index is 11.3. The smallest absolute Gasteiger partial charge is 0.338 e. The molecule has 0 aliphatic carbocycles. The first-order chi connectivity index (χ1) is 12.5. The number of aromatic nitrogens is 3. The molecule has 2 heterocycles. The number of anilines is 1. The number of carbonyl (C=O) groups is 1. The number of nitrogens with one attached hydrogen (secondary N) is 2. The second kappa shape index (κ2) is 7.97. The Morgan fingerprint density at radius 3 is 2.65 bits per heavy atom. The van der Waals surface area contributed by atoms with Crippen molar-refractivity contribution in [3.05, 3.63) is 42.1 Å².